The first-order valence-electron chi connectivity index (χ1n) is 31.6. The number of aromatic nitrogens is 4. The lowest BCUT2D eigenvalue weighted by Gasteiger charge is -2.20. The Morgan fingerprint density at radius 3 is 1.28 bits per heavy atom. The molecule has 3 heterocycles. The molecule has 534 valence electrons. The molecule has 28 nitrogen and oxygen atoms in total. The van der Waals surface area contributed by atoms with Crippen LogP contribution < -0.4 is 38.1 Å². The van der Waals surface area contributed by atoms with E-state index in [1.165, 1.54) is 90.9 Å². The second-order valence-corrected chi connectivity index (χ2v) is 24.4. The summed E-state index contributed by atoms with van der Waals surface area (Å²) >= 11 is 0. The molecule has 1 fully saturated rings. The number of nitrogens with two attached hydrogens (primary N) is 2. The molecule has 1 aliphatic heterocycles. The van der Waals surface area contributed by atoms with Crippen molar-refractivity contribution < 1.29 is 62.0 Å². The molecule has 8 aromatic rings. The number of carbonyl (C=O) groups is 8. The lowest BCUT2D eigenvalue weighted by molar-refractivity contribution is -0.156. The summed E-state index contributed by atoms with van der Waals surface area (Å²) in [4.78, 5) is 99.7. The Morgan fingerprint density at radius 1 is 0.500 bits per heavy atom. The number of hydrogen-bond donors (Lipinski definition) is 8. The minimum atomic E-state index is -0.790. The third kappa shape index (κ3) is 35.5. The Labute approximate surface area is 582 Å². The number of rotatable bonds is 5. The summed E-state index contributed by atoms with van der Waals surface area (Å²) < 4.78 is 26.6. The Kier molecular flexibility index (Phi) is 34.9. The largest absolute Gasteiger partial charge is 0.444 e. The van der Waals surface area contributed by atoms with Gasteiger partial charge in [-0.1, -0.05) is 127 Å². The lowest BCUT2D eigenvalue weighted by atomic mass is 10.1. The Morgan fingerprint density at radius 2 is 0.900 bits per heavy atom. The predicted octanol–water partition coefficient (Wildman–Crippen LogP) is 10.7. The third-order valence-electron chi connectivity index (χ3n) is 12.0. The van der Waals surface area contributed by atoms with Crippen LogP contribution in [-0.4, -0.2) is 121 Å². The highest BCUT2D eigenvalue weighted by Crippen LogP contribution is 2.21. The molecular weight excluding hydrogens is 1280 g/mol. The first kappa shape index (κ1) is 82.7. The summed E-state index contributed by atoms with van der Waals surface area (Å²) in [6.07, 6.45) is 6.57. The van der Waals surface area contributed by atoms with Gasteiger partial charge in [0.25, 0.3) is 0 Å². The van der Waals surface area contributed by atoms with Gasteiger partial charge >= 0.3 is 30.2 Å². The van der Waals surface area contributed by atoms with Crippen LogP contribution in [0.15, 0.2) is 179 Å². The first-order valence-corrected chi connectivity index (χ1v) is 31.6. The SMILES string of the molecule is C1CCOC1.CC(=O)NC(=NC(=O)OC(C)(C)C)n1cccn1.CC(=O)NC(=NCc1cccc2ccccc12)NC(=O)OC(C)(C)C.CC(=O)NC(N)=NCc1cccc2ccccc12.CC(=O)OC(C)=O.CC(C)(C)OC(=O)NC(=N)n1cccn1.NCc1cccc2ccccc12. The monoisotopic (exact) mass is 1380 g/mol. The number of nitrogens with one attached hydrogen (secondary N) is 6. The van der Waals surface area contributed by atoms with Crippen LogP contribution >= 0.6 is 0 Å². The Balaban J connectivity index is 0.000000316. The Hall–Kier alpha value is -11.5. The highest BCUT2D eigenvalue weighted by Gasteiger charge is 2.20. The molecule has 0 bridgehead atoms. The molecule has 0 atom stereocenters. The van der Waals surface area contributed by atoms with Crippen LogP contribution in [0.5, 0.6) is 0 Å². The van der Waals surface area contributed by atoms with Crippen molar-refractivity contribution in [3.8, 4) is 0 Å². The molecular formula is C72H93N15O13. The van der Waals surface area contributed by atoms with E-state index in [-0.39, 0.29) is 41.6 Å². The van der Waals surface area contributed by atoms with Crippen molar-refractivity contribution in [2.45, 2.75) is 146 Å². The van der Waals surface area contributed by atoms with Crippen LogP contribution in [0, 0.1) is 5.41 Å². The molecule has 9 rings (SSSR count). The van der Waals surface area contributed by atoms with E-state index >= 15 is 0 Å². The number of ether oxygens (including phenoxy) is 5. The van der Waals surface area contributed by atoms with Crippen LogP contribution in [0.3, 0.4) is 0 Å². The average Bonchev–Trinajstić information content (AvgIpc) is 1.15. The summed E-state index contributed by atoms with van der Waals surface area (Å²) in [6.45, 7) is 25.5. The number of fused-ring (bicyclic) bond motifs is 3. The minimum absolute atomic E-state index is 0.00162. The second kappa shape index (κ2) is 42.2. The number of hydrogen-bond acceptors (Lipinski definition) is 19. The first-order chi connectivity index (χ1) is 47.1. The molecule has 0 spiro atoms. The molecule has 100 heavy (non-hydrogen) atoms. The van der Waals surface area contributed by atoms with Crippen molar-refractivity contribution in [2.24, 2.45) is 26.4 Å². The maximum absolute atomic E-state index is 11.9. The molecule has 0 radical (unpaired) electrons. The van der Waals surface area contributed by atoms with Crippen molar-refractivity contribution in [1.29, 1.82) is 5.41 Å². The van der Waals surface area contributed by atoms with Gasteiger partial charge in [0.1, 0.15) is 16.8 Å². The van der Waals surface area contributed by atoms with Gasteiger partial charge in [0.2, 0.25) is 35.6 Å². The summed E-state index contributed by atoms with van der Waals surface area (Å²) in [5, 5.41) is 34.3. The maximum atomic E-state index is 11.9. The second-order valence-electron chi connectivity index (χ2n) is 24.4. The number of nitrogens with zero attached hydrogens (tertiary/aromatic N) is 7. The minimum Gasteiger partial charge on any atom is -0.444 e. The molecule has 0 saturated carbocycles. The van der Waals surface area contributed by atoms with Gasteiger partial charge in [-0.2, -0.15) is 10.2 Å². The van der Waals surface area contributed by atoms with Gasteiger partial charge in [-0.3, -0.25) is 56.0 Å². The molecule has 0 aliphatic carbocycles. The maximum Gasteiger partial charge on any atom is 0.437 e. The quantitative estimate of drug-likeness (QED) is 0.0261. The number of carbonyl (C=O) groups excluding carboxylic acids is 8. The van der Waals surface area contributed by atoms with Crippen molar-refractivity contribution in [2.75, 3.05) is 13.2 Å². The van der Waals surface area contributed by atoms with E-state index in [2.05, 4.69) is 99.0 Å². The number of benzene rings is 6. The molecule has 0 unspecified atom stereocenters. The Bertz CT molecular complexity index is 4030. The fourth-order valence-corrected chi connectivity index (χ4v) is 8.19. The number of amides is 6. The lowest BCUT2D eigenvalue weighted by Crippen LogP contribution is -2.45. The van der Waals surface area contributed by atoms with Gasteiger partial charge in [0, 0.05) is 79.2 Å². The number of guanidine groups is 2. The number of esters is 2. The van der Waals surface area contributed by atoms with Gasteiger partial charge in [-0.05, 0) is 136 Å². The topological polar surface area (TPSA) is 391 Å². The summed E-state index contributed by atoms with van der Waals surface area (Å²) in [5.74, 6) is -1.95. The van der Waals surface area contributed by atoms with Gasteiger partial charge in [-0.25, -0.2) is 33.7 Å². The molecule has 1 saturated heterocycles. The molecule has 2 aromatic heterocycles. The van der Waals surface area contributed by atoms with E-state index in [0.29, 0.717) is 19.6 Å². The van der Waals surface area contributed by atoms with Crippen LogP contribution in [-0.2, 0) is 67.3 Å². The number of alkyl carbamates (subject to hydrolysis) is 2. The van der Waals surface area contributed by atoms with Gasteiger partial charge in [0.05, 0.1) is 13.1 Å². The van der Waals surface area contributed by atoms with Crippen LogP contribution in [0.4, 0.5) is 14.4 Å². The van der Waals surface area contributed by atoms with E-state index in [1.807, 2.05) is 84.9 Å². The van der Waals surface area contributed by atoms with E-state index in [4.69, 9.17) is 35.8 Å². The summed E-state index contributed by atoms with van der Waals surface area (Å²) in [6, 6.07) is 45.9. The normalized spacial score (nSPS) is 11.8. The third-order valence-corrected chi connectivity index (χ3v) is 12.0. The summed E-state index contributed by atoms with van der Waals surface area (Å²) in [7, 11) is 0. The molecule has 28 heteroatoms. The van der Waals surface area contributed by atoms with E-state index in [9.17, 15) is 38.4 Å². The van der Waals surface area contributed by atoms with E-state index in [1.54, 1.807) is 86.8 Å². The molecule has 6 aromatic carbocycles. The van der Waals surface area contributed by atoms with Gasteiger partial charge in [-0.15, -0.1) is 4.99 Å². The van der Waals surface area contributed by atoms with E-state index in [0.717, 1.165) is 40.5 Å². The fourth-order valence-electron chi connectivity index (χ4n) is 8.19. The highest BCUT2D eigenvalue weighted by molar-refractivity contribution is 6.03. The van der Waals surface area contributed by atoms with Crippen LogP contribution in [0.25, 0.3) is 32.3 Å². The zero-order chi connectivity index (χ0) is 74.4. The van der Waals surface area contributed by atoms with Crippen molar-refractivity contribution >= 4 is 104 Å². The average molecular weight is 1380 g/mol. The van der Waals surface area contributed by atoms with E-state index < -0.39 is 47.0 Å². The number of aliphatic imine (C=N–C) groups is 3. The van der Waals surface area contributed by atoms with Crippen LogP contribution in [0.2, 0.25) is 0 Å². The van der Waals surface area contributed by atoms with Crippen molar-refractivity contribution in [1.82, 2.24) is 46.1 Å². The zero-order valence-electron chi connectivity index (χ0n) is 59.1. The zero-order valence-corrected chi connectivity index (χ0v) is 59.1. The molecule has 6 amide bonds. The van der Waals surface area contributed by atoms with Crippen molar-refractivity contribution in [3.05, 3.63) is 181 Å². The highest BCUT2D eigenvalue weighted by atomic mass is 16.6. The standard InChI is InChI=1S/C19H23N3O3.C14H15N3O.C11H16N4O3.C11H11N.C9H14N4O2.C4H6O3.C4H8O/c1-13(23)21-17(22-18(24)25-19(2,3)4)20-12-15-10-7-9-14-8-5-6-11-16(14)15;1-10(18)17-14(15)16-9-12-7-4-6-11-5-2-3-8-13(11)12;1-8(16)13-9(15-7-5-6-12-15)14-10(17)18-11(2,3)4;12-8-10-6-3-5-9-4-1-2-7-11(9)10;1-9(2,3)15-8(14)12-7(10)13-6-4-5-11-13;1-3(5)7-4(2)6;1-2-4-5-3-1/h5-11H,12H2,1-4H3,(H2,20,21,22,23,24);2-8H,9H2,1H3,(H3,15,16,17,18);5-7H,1-4H3,(H,13,14,16,17);1-7H,8,12H2;4-6H,1-3H3,(H2,10,12,14);1-2H3;1-4H2. The fraction of sp³-hybridized carbons (Fsp3) is 0.333. The van der Waals surface area contributed by atoms with Gasteiger partial charge < -0.3 is 35.2 Å². The molecule has 1 aliphatic rings. The van der Waals surface area contributed by atoms with Crippen molar-refractivity contribution in [3.63, 3.8) is 0 Å². The van der Waals surface area contributed by atoms with Crippen LogP contribution in [0.1, 0.15) is 126 Å². The summed E-state index contributed by atoms with van der Waals surface area (Å²) in [5.41, 5.74) is 12.6. The van der Waals surface area contributed by atoms with Gasteiger partial charge in [0.15, 0.2) is 5.96 Å². The smallest absolute Gasteiger partial charge is 0.437 e. The predicted molar refractivity (Wildman–Crippen MR) is 386 cm³/mol. The molecule has 10 N–H and O–H groups in total.